The molecule has 0 aromatic carbocycles. The maximum atomic E-state index is 12.1. The molecule has 1 aromatic rings. The predicted octanol–water partition coefficient (Wildman–Crippen LogP) is 1.67. The maximum Gasteiger partial charge on any atom is 0.223 e. The van der Waals surface area contributed by atoms with Crippen molar-refractivity contribution in [1.82, 2.24) is 10.3 Å². The van der Waals surface area contributed by atoms with Gasteiger partial charge in [0.2, 0.25) is 5.91 Å². The quantitative estimate of drug-likeness (QED) is 0.819. The Morgan fingerprint density at radius 2 is 2.17 bits per heavy atom. The van der Waals surface area contributed by atoms with E-state index in [0.717, 1.165) is 12.0 Å². The van der Waals surface area contributed by atoms with Crippen molar-refractivity contribution in [2.75, 3.05) is 6.54 Å². The molecule has 2 fully saturated rings. The first-order valence-electron chi connectivity index (χ1n) is 6.50. The highest BCUT2D eigenvalue weighted by Gasteiger charge is 2.28. The fraction of sp³-hybridized carbons (Fsp3) is 0.500. The third-order valence-electron chi connectivity index (χ3n) is 3.72. The molecule has 1 aliphatic heterocycles. The summed E-state index contributed by atoms with van der Waals surface area (Å²) >= 11 is 0. The van der Waals surface area contributed by atoms with E-state index in [4.69, 9.17) is 0 Å². The number of hydrogen-bond donors (Lipinski definition) is 1. The van der Waals surface area contributed by atoms with Crippen LogP contribution in [0.15, 0.2) is 18.5 Å². The second-order valence-corrected chi connectivity index (χ2v) is 5.19. The van der Waals surface area contributed by atoms with Gasteiger partial charge in [0.25, 0.3) is 0 Å². The van der Waals surface area contributed by atoms with Gasteiger partial charge in [-0.2, -0.15) is 0 Å². The number of nitrogens with one attached hydrogen (secondary N) is 1. The number of carbonyl (C=O) groups excluding carboxylic acids is 2. The van der Waals surface area contributed by atoms with Crippen LogP contribution in [0.25, 0.3) is 0 Å². The lowest BCUT2D eigenvalue weighted by Gasteiger charge is -2.06. The number of carbonyl (C=O) groups is 2. The third-order valence-corrected chi connectivity index (χ3v) is 3.72. The Balaban J connectivity index is 1.71. The highest BCUT2D eigenvalue weighted by atomic mass is 16.2. The van der Waals surface area contributed by atoms with Crippen molar-refractivity contribution < 1.29 is 9.59 Å². The lowest BCUT2D eigenvalue weighted by molar-refractivity contribution is -0.122. The molecule has 0 bridgehead atoms. The predicted molar refractivity (Wildman–Crippen MR) is 66.3 cm³/mol. The molecule has 1 saturated heterocycles. The molecule has 2 aliphatic rings. The molecule has 0 radical (unpaired) electrons. The van der Waals surface area contributed by atoms with E-state index < -0.39 is 0 Å². The molecule has 1 atom stereocenters. The molecule has 1 saturated carbocycles. The summed E-state index contributed by atoms with van der Waals surface area (Å²) in [7, 11) is 0. The average Bonchev–Trinajstić information content (AvgIpc) is 3.16. The molecule has 18 heavy (non-hydrogen) atoms. The summed E-state index contributed by atoms with van der Waals surface area (Å²) in [5.41, 5.74) is 1.82. The van der Waals surface area contributed by atoms with Crippen LogP contribution in [0.5, 0.6) is 0 Å². The number of hydrogen-bond acceptors (Lipinski definition) is 3. The monoisotopic (exact) mass is 244 g/mol. The van der Waals surface area contributed by atoms with Gasteiger partial charge in [0.1, 0.15) is 0 Å². The van der Waals surface area contributed by atoms with E-state index in [0.29, 0.717) is 24.4 Å². The van der Waals surface area contributed by atoms with Crippen LogP contribution in [-0.2, 0) is 4.79 Å². The van der Waals surface area contributed by atoms with Crippen molar-refractivity contribution in [3.05, 3.63) is 29.6 Å². The first kappa shape index (κ1) is 11.4. The minimum atomic E-state index is -0.151. The highest BCUT2D eigenvalue weighted by molar-refractivity contribution is 5.98. The number of nitrogens with zero attached hydrogens (tertiary/aromatic N) is 1. The van der Waals surface area contributed by atoms with Gasteiger partial charge in [-0.05, 0) is 36.8 Å². The van der Waals surface area contributed by atoms with Crippen molar-refractivity contribution in [2.45, 2.75) is 31.6 Å². The second-order valence-electron chi connectivity index (χ2n) is 5.19. The molecule has 0 spiro atoms. The Morgan fingerprint density at radius 1 is 1.33 bits per heavy atom. The molecule has 2 heterocycles. The van der Waals surface area contributed by atoms with Gasteiger partial charge in [-0.15, -0.1) is 0 Å². The van der Waals surface area contributed by atoms with E-state index in [1.165, 1.54) is 12.8 Å². The Morgan fingerprint density at radius 3 is 2.83 bits per heavy atom. The first-order valence-corrected chi connectivity index (χ1v) is 6.50. The van der Waals surface area contributed by atoms with Gasteiger partial charge < -0.3 is 5.32 Å². The zero-order valence-electron chi connectivity index (χ0n) is 10.2. The van der Waals surface area contributed by atoms with Crippen molar-refractivity contribution in [2.24, 2.45) is 5.92 Å². The number of ketones is 1. The molecule has 1 amide bonds. The van der Waals surface area contributed by atoms with Crippen molar-refractivity contribution in [3.8, 4) is 0 Å². The fourth-order valence-corrected chi connectivity index (χ4v) is 2.43. The number of rotatable bonds is 4. The Labute approximate surface area is 106 Å². The minimum absolute atomic E-state index is 0.00894. The van der Waals surface area contributed by atoms with Crippen LogP contribution in [0.1, 0.15) is 47.5 Å². The van der Waals surface area contributed by atoms with Crippen LogP contribution in [0.2, 0.25) is 0 Å². The Bertz CT molecular complexity index is 494. The largest absolute Gasteiger partial charge is 0.356 e. The van der Waals surface area contributed by atoms with E-state index >= 15 is 0 Å². The fourth-order valence-electron chi connectivity index (χ4n) is 2.43. The Kier molecular flexibility index (Phi) is 2.86. The number of amides is 1. The highest BCUT2D eigenvalue weighted by Crippen LogP contribution is 2.39. The van der Waals surface area contributed by atoms with Gasteiger partial charge in [0, 0.05) is 36.8 Å². The van der Waals surface area contributed by atoms with Crippen LogP contribution in [0.4, 0.5) is 0 Å². The lowest BCUT2D eigenvalue weighted by Crippen LogP contribution is -2.21. The van der Waals surface area contributed by atoms with Crippen LogP contribution in [0, 0.1) is 5.92 Å². The summed E-state index contributed by atoms with van der Waals surface area (Å²) in [4.78, 5) is 27.7. The van der Waals surface area contributed by atoms with Crippen molar-refractivity contribution >= 4 is 11.7 Å². The summed E-state index contributed by atoms with van der Waals surface area (Å²) in [5.74, 6) is 0.490. The maximum absolute atomic E-state index is 12.1. The third kappa shape index (κ3) is 2.28. The van der Waals surface area contributed by atoms with Crippen LogP contribution in [-0.4, -0.2) is 23.2 Å². The lowest BCUT2D eigenvalue weighted by atomic mass is 9.97. The van der Waals surface area contributed by atoms with Crippen molar-refractivity contribution in [3.63, 3.8) is 0 Å². The van der Waals surface area contributed by atoms with Gasteiger partial charge in [0.05, 0.1) is 0 Å². The zero-order chi connectivity index (χ0) is 12.5. The van der Waals surface area contributed by atoms with E-state index in [1.54, 1.807) is 6.20 Å². The van der Waals surface area contributed by atoms with E-state index in [-0.39, 0.29) is 17.6 Å². The SMILES string of the molecule is O=C(CC1CCNC1=O)c1cncc(C2CC2)c1. The summed E-state index contributed by atoms with van der Waals surface area (Å²) in [6, 6.07) is 1.94. The zero-order valence-corrected chi connectivity index (χ0v) is 10.2. The van der Waals surface area contributed by atoms with Gasteiger partial charge in [-0.25, -0.2) is 0 Å². The molecule has 3 rings (SSSR count). The molecule has 4 nitrogen and oxygen atoms in total. The summed E-state index contributed by atoms with van der Waals surface area (Å²) < 4.78 is 0. The van der Waals surface area contributed by atoms with Gasteiger partial charge in [-0.3, -0.25) is 14.6 Å². The molecule has 1 N–H and O–H groups in total. The van der Waals surface area contributed by atoms with E-state index in [1.807, 2.05) is 12.3 Å². The Hall–Kier alpha value is -1.71. The van der Waals surface area contributed by atoms with Gasteiger partial charge >= 0.3 is 0 Å². The molecule has 1 aromatic heterocycles. The minimum Gasteiger partial charge on any atom is -0.356 e. The molecular weight excluding hydrogens is 228 g/mol. The number of pyridine rings is 1. The average molecular weight is 244 g/mol. The second kappa shape index (κ2) is 4.52. The molecule has 4 heteroatoms. The van der Waals surface area contributed by atoms with E-state index in [9.17, 15) is 9.59 Å². The van der Waals surface area contributed by atoms with Crippen LogP contribution >= 0.6 is 0 Å². The number of Topliss-reactive ketones (excluding diaryl/α,β-unsaturated/α-hetero) is 1. The van der Waals surface area contributed by atoms with Crippen LogP contribution < -0.4 is 5.32 Å². The van der Waals surface area contributed by atoms with Crippen molar-refractivity contribution in [1.29, 1.82) is 0 Å². The van der Waals surface area contributed by atoms with E-state index in [2.05, 4.69) is 10.3 Å². The molecule has 1 aliphatic carbocycles. The molecule has 94 valence electrons. The standard InChI is InChI=1S/C14H16N2O2/c17-13(6-10-3-4-16-14(10)18)12-5-11(7-15-8-12)9-1-2-9/h5,7-10H,1-4,6H2,(H,16,18). The topological polar surface area (TPSA) is 59.1 Å². The molecular formula is C14H16N2O2. The molecule has 1 unspecified atom stereocenters. The van der Waals surface area contributed by atoms with Gasteiger partial charge in [-0.1, -0.05) is 0 Å². The number of aromatic nitrogens is 1. The summed E-state index contributed by atoms with van der Waals surface area (Å²) in [5, 5.41) is 2.76. The smallest absolute Gasteiger partial charge is 0.223 e. The summed E-state index contributed by atoms with van der Waals surface area (Å²) in [6.07, 6.45) is 6.93. The first-order chi connectivity index (χ1) is 8.74. The summed E-state index contributed by atoms with van der Waals surface area (Å²) in [6.45, 7) is 0.692. The van der Waals surface area contributed by atoms with Crippen LogP contribution in [0.3, 0.4) is 0 Å². The van der Waals surface area contributed by atoms with Gasteiger partial charge in [0.15, 0.2) is 5.78 Å². The normalized spacial score (nSPS) is 22.9.